The summed E-state index contributed by atoms with van der Waals surface area (Å²) in [6.45, 7) is 3.54. The molecular weight excluding hydrogens is 274 g/mol. The minimum absolute atomic E-state index is 0.113. The second-order valence-corrected chi connectivity index (χ2v) is 4.67. The van der Waals surface area contributed by atoms with Crippen LogP contribution in [0, 0.1) is 10.1 Å². The number of unbranched alkanes of at least 4 members (excludes halogenated alkanes) is 1. The topological polar surface area (TPSA) is 87.3 Å². The smallest absolute Gasteiger partial charge is 0.270 e. The predicted molar refractivity (Wildman–Crippen MR) is 78.4 cm³/mol. The molecule has 0 aliphatic rings. The first kappa shape index (κ1) is 15.1. The van der Waals surface area contributed by atoms with Crippen LogP contribution >= 0.6 is 0 Å². The Morgan fingerprint density at radius 1 is 1.38 bits per heavy atom. The Balaban J connectivity index is 2.20. The van der Waals surface area contributed by atoms with Crippen molar-refractivity contribution in [3.8, 4) is 0 Å². The van der Waals surface area contributed by atoms with Crippen LogP contribution in [0.25, 0.3) is 10.9 Å². The van der Waals surface area contributed by atoms with Gasteiger partial charge in [-0.05, 0) is 12.5 Å². The SMILES string of the molecule is CCCCOCCn1cnc2ccc([N+](=O)[O-])cc2c1=O. The highest BCUT2D eigenvalue weighted by molar-refractivity contribution is 5.79. The van der Waals surface area contributed by atoms with Gasteiger partial charge in [0.2, 0.25) is 0 Å². The second-order valence-electron chi connectivity index (χ2n) is 4.67. The van der Waals surface area contributed by atoms with Crippen molar-refractivity contribution in [3.05, 3.63) is 45.0 Å². The van der Waals surface area contributed by atoms with Crippen LogP contribution in [0.3, 0.4) is 0 Å². The van der Waals surface area contributed by atoms with Crippen molar-refractivity contribution in [3.63, 3.8) is 0 Å². The van der Waals surface area contributed by atoms with Gasteiger partial charge in [-0.25, -0.2) is 4.98 Å². The molecule has 7 heteroatoms. The molecule has 0 aliphatic carbocycles. The molecule has 0 unspecified atom stereocenters. The van der Waals surface area contributed by atoms with E-state index in [1.165, 1.54) is 29.1 Å². The average molecular weight is 291 g/mol. The van der Waals surface area contributed by atoms with Gasteiger partial charge in [0, 0.05) is 18.7 Å². The normalized spacial score (nSPS) is 10.9. The molecule has 0 bridgehead atoms. The van der Waals surface area contributed by atoms with Gasteiger partial charge in [-0.3, -0.25) is 19.5 Å². The number of benzene rings is 1. The molecule has 0 N–H and O–H groups in total. The molecule has 112 valence electrons. The number of ether oxygens (including phenoxy) is 1. The Bertz CT molecular complexity index is 696. The summed E-state index contributed by atoms with van der Waals surface area (Å²) in [5, 5.41) is 11.0. The highest BCUT2D eigenvalue weighted by Gasteiger charge is 2.10. The first-order chi connectivity index (χ1) is 10.1. The zero-order valence-electron chi connectivity index (χ0n) is 11.8. The lowest BCUT2D eigenvalue weighted by atomic mass is 10.2. The third kappa shape index (κ3) is 3.63. The van der Waals surface area contributed by atoms with Crippen LogP contribution in [-0.4, -0.2) is 27.7 Å². The molecule has 0 saturated carbocycles. The summed E-state index contributed by atoms with van der Waals surface area (Å²) in [6.07, 6.45) is 3.48. The first-order valence-corrected chi connectivity index (χ1v) is 6.85. The van der Waals surface area contributed by atoms with E-state index in [9.17, 15) is 14.9 Å². The number of nitrogens with zero attached hydrogens (tertiary/aromatic N) is 3. The number of hydrogen-bond acceptors (Lipinski definition) is 5. The number of fused-ring (bicyclic) bond motifs is 1. The molecule has 0 aliphatic heterocycles. The fourth-order valence-electron chi connectivity index (χ4n) is 1.93. The van der Waals surface area contributed by atoms with E-state index in [1.807, 2.05) is 0 Å². The summed E-state index contributed by atoms with van der Waals surface area (Å²) < 4.78 is 6.83. The molecule has 0 radical (unpaired) electrons. The van der Waals surface area contributed by atoms with Crippen LogP contribution in [0.5, 0.6) is 0 Å². The van der Waals surface area contributed by atoms with Crippen molar-refractivity contribution in [2.24, 2.45) is 0 Å². The van der Waals surface area contributed by atoms with Crippen LogP contribution in [0.4, 0.5) is 5.69 Å². The van der Waals surface area contributed by atoms with Gasteiger partial charge in [0.15, 0.2) is 0 Å². The van der Waals surface area contributed by atoms with E-state index in [0.29, 0.717) is 25.3 Å². The van der Waals surface area contributed by atoms with E-state index in [1.54, 1.807) is 0 Å². The maximum absolute atomic E-state index is 12.3. The zero-order chi connectivity index (χ0) is 15.2. The highest BCUT2D eigenvalue weighted by Crippen LogP contribution is 2.16. The molecule has 7 nitrogen and oxygen atoms in total. The molecule has 2 rings (SSSR count). The highest BCUT2D eigenvalue weighted by atomic mass is 16.6. The molecule has 1 aromatic heterocycles. The Kier molecular flexibility index (Phi) is 4.99. The molecule has 0 fully saturated rings. The summed E-state index contributed by atoms with van der Waals surface area (Å²) in [7, 11) is 0. The lowest BCUT2D eigenvalue weighted by molar-refractivity contribution is -0.384. The number of non-ortho nitro benzene ring substituents is 1. The Morgan fingerprint density at radius 3 is 2.90 bits per heavy atom. The van der Waals surface area contributed by atoms with Gasteiger partial charge in [-0.2, -0.15) is 0 Å². The van der Waals surface area contributed by atoms with Gasteiger partial charge in [0.25, 0.3) is 11.2 Å². The summed E-state index contributed by atoms with van der Waals surface area (Å²) in [5.74, 6) is 0. The molecule has 0 saturated heterocycles. The first-order valence-electron chi connectivity index (χ1n) is 6.85. The van der Waals surface area contributed by atoms with Crippen molar-refractivity contribution >= 4 is 16.6 Å². The number of hydrogen-bond donors (Lipinski definition) is 0. The maximum atomic E-state index is 12.3. The van der Waals surface area contributed by atoms with Gasteiger partial charge < -0.3 is 4.74 Å². The van der Waals surface area contributed by atoms with Crippen LogP contribution in [0.2, 0.25) is 0 Å². The fourth-order valence-corrected chi connectivity index (χ4v) is 1.93. The number of nitro benzene ring substituents is 1. The summed E-state index contributed by atoms with van der Waals surface area (Å²) in [6, 6.07) is 4.09. The van der Waals surface area contributed by atoms with E-state index in [-0.39, 0.29) is 16.6 Å². The third-order valence-corrected chi connectivity index (χ3v) is 3.14. The predicted octanol–water partition coefficient (Wildman–Crippen LogP) is 2.12. The molecule has 21 heavy (non-hydrogen) atoms. The average Bonchev–Trinajstić information content (AvgIpc) is 2.49. The van der Waals surface area contributed by atoms with E-state index in [2.05, 4.69) is 11.9 Å². The monoisotopic (exact) mass is 291 g/mol. The van der Waals surface area contributed by atoms with Crippen molar-refractivity contribution in [1.29, 1.82) is 0 Å². The fraction of sp³-hybridized carbons (Fsp3) is 0.429. The summed E-state index contributed by atoms with van der Waals surface area (Å²) in [4.78, 5) is 26.7. The number of aromatic nitrogens is 2. The number of rotatable bonds is 7. The molecule has 1 aromatic carbocycles. The second kappa shape index (κ2) is 6.94. The summed E-state index contributed by atoms with van der Waals surface area (Å²) in [5.41, 5.74) is 0.0508. The Hall–Kier alpha value is -2.28. The molecule has 0 spiro atoms. The molecule has 2 aromatic rings. The van der Waals surface area contributed by atoms with Crippen molar-refractivity contribution < 1.29 is 9.66 Å². The van der Waals surface area contributed by atoms with E-state index in [4.69, 9.17) is 4.74 Å². The Labute approximate surface area is 121 Å². The quantitative estimate of drug-likeness (QED) is 0.443. The Morgan fingerprint density at radius 2 is 2.19 bits per heavy atom. The molecule has 0 atom stereocenters. The maximum Gasteiger partial charge on any atom is 0.270 e. The van der Waals surface area contributed by atoms with Crippen LogP contribution in [0.15, 0.2) is 29.3 Å². The summed E-state index contributed by atoms with van der Waals surface area (Å²) >= 11 is 0. The molecule has 0 amide bonds. The molecule has 1 heterocycles. The van der Waals surface area contributed by atoms with E-state index >= 15 is 0 Å². The van der Waals surface area contributed by atoms with Gasteiger partial charge in [-0.15, -0.1) is 0 Å². The van der Waals surface area contributed by atoms with Crippen molar-refractivity contribution in [2.45, 2.75) is 26.3 Å². The van der Waals surface area contributed by atoms with Crippen molar-refractivity contribution in [2.75, 3.05) is 13.2 Å². The zero-order valence-corrected chi connectivity index (χ0v) is 11.8. The van der Waals surface area contributed by atoms with Gasteiger partial charge in [0.1, 0.15) is 0 Å². The minimum atomic E-state index is -0.524. The van der Waals surface area contributed by atoms with Gasteiger partial charge in [0.05, 0.1) is 35.3 Å². The van der Waals surface area contributed by atoms with E-state index < -0.39 is 4.92 Å². The largest absolute Gasteiger partial charge is 0.380 e. The number of nitro groups is 1. The van der Waals surface area contributed by atoms with Gasteiger partial charge in [-0.1, -0.05) is 13.3 Å². The van der Waals surface area contributed by atoms with Gasteiger partial charge >= 0.3 is 0 Å². The molecular formula is C14H17N3O4. The van der Waals surface area contributed by atoms with Crippen LogP contribution < -0.4 is 5.56 Å². The van der Waals surface area contributed by atoms with Crippen LogP contribution in [-0.2, 0) is 11.3 Å². The third-order valence-electron chi connectivity index (χ3n) is 3.14. The van der Waals surface area contributed by atoms with Crippen LogP contribution in [0.1, 0.15) is 19.8 Å². The lowest BCUT2D eigenvalue weighted by Crippen LogP contribution is -2.23. The standard InChI is InChI=1S/C14H17N3O4/c1-2-3-7-21-8-6-16-10-15-13-5-4-11(17(19)20)9-12(13)14(16)18/h4-5,9-10H,2-3,6-8H2,1H3. The van der Waals surface area contributed by atoms with Crippen molar-refractivity contribution in [1.82, 2.24) is 9.55 Å². The minimum Gasteiger partial charge on any atom is -0.380 e. The van der Waals surface area contributed by atoms with E-state index in [0.717, 1.165) is 12.8 Å². The lowest BCUT2D eigenvalue weighted by Gasteiger charge is -2.07.